The van der Waals surface area contributed by atoms with Gasteiger partial charge in [0.15, 0.2) is 0 Å². The van der Waals surface area contributed by atoms with E-state index in [0.717, 1.165) is 5.56 Å². The minimum absolute atomic E-state index is 0.134. The summed E-state index contributed by atoms with van der Waals surface area (Å²) >= 11 is 6.13. The van der Waals surface area contributed by atoms with Gasteiger partial charge in [0.05, 0.1) is 6.42 Å². The van der Waals surface area contributed by atoms with Gasteiger partial charge in [-0.15, -0.1) is 6.58 Å². The van der Waals surface area contributed by atoms with E-state index in [2.05, 4.69) is 11.9 Å². The average Bonchev–Trinajstić information content (AvgIpc) is 2.35. The van der Waals surface area contributed by atoms with Gasteiger partial charge >= 0.3 is 5.97 Å². The van der Waals surface area contributed by atoms with Gasteiger partial charge in [-0.3, -0.25) is 9.59 Å². The standard InChI is InChI=1S/C14H14ClNO3/c1-2-6-16-12(17)7-9-8-13(18)19-11-5-3-4-10(15)14(9)11/h2-5,9H,1,6-8H2,(H,16,17)/t9-/m1/s1. The normalized spacial score (nSPS) is 17.3. The third kappa shape index (κ3) is 3.15. The molecule has 1 aromatic carbocycles. The Balaban J connectivity index is 2.20. The Labute approximate surface area is 116 Å². The molecule has 0 aromatic heterocycles. The number of carbonyl (C=O) groups excluding carboxylic acids is 2. The summed E-state index contributed by atoms with van der Waals surface area (Å²) in [5.74, 6) is -0.262. The van der Waals surface area contributed by atoms with Gasteiger partial charge in [0.2, 0.25) is 5.91 Å². The second-order valence-electron chi connectivity index (χ2n) is 4.32. The van der Waals surface area contributed by atoms with Crippen LogP contribution in [0.4, 0.5) is 0 Å². The summed E-state index contributed by atoms with van der Waals surface area (Å²) in [7, 11) is 0. The molecule has 2 rings (SSSR count). The van der Waals surface area contributed by atoms with E-state index in [0.29, 0.717) is 17.3 Å². The number of ether oxygens (including phenoxy) is 1. The molecule has 1 aromatic rings. The highest BCUT2D eigenvalue weighted by molar-refractivity contribution is 6.31. The van der Waals surface area contributed by atoms with Crippen molar-refractivity contribution in [3.8, 4) is 5.75 Å². The first-order valence-electron chi connectivity index (χ1n) is 5.98. The number of amides is 1. The van der Waals surface area contributed by atoms with Crippen LogP contribution in [0.3, 0.4) is 0 Å². The lowest BCUT2D eigenvalue weighted by atomic mass is 9.89. The maximum atomic E-state index is 11.7. The Kier molecular flexibility index (Phi) is 4.22. The fraction of sp³-hybridized carbons (Fsp3) is 0.286. The molecule has 1 heterocycles. The molecule has 4 nitrogen and oxygen atoms in total. The second-order valence-corrected chi connectivity index (χ2v) is 4.73. The number of nitrogens with one attached hydrogen (secondary N) is 1. The van der Waals surface area contributed by atoms with Gasteiger partial charge in [0.1, 0.15) is 5.75 Å². The predicted octanol–water partition coefficient (Wildman–Crippen LogP) is 2.43. The Morgan fingerprint density at radius 3 is 3.11 bits per heavy atom. The first-order chi connectivity index (χ1) is 9.11. The topological polar surface area (TPSA) is 55.4 Å². The van der Waals surface area contributed by atoms with Crippen molar-refractivity contribution in [2.75, 3.05) is 6.54 Å². The molecule has 0 aliphatic carbocycles. The molecule has 0 radical (unpaired) electrons. The Hall–Kier alpha value is -1.81. The first-order valence-corrected chi connectivity index (χ1v) is 6.36. The lowest BCUT2D eigenvalue weighted by molar-refractivity contribution is -0.136. The van der Waals surface area contributed by atoms with Crippen LogP contribution in [0.2, 0.25) is 5.02 Å². The van der Waals surface area contributed by atoms with E-state index in [1.54, 1.807) is 24.3 Å². The van der Waals surface area contributed by atoms with Crippen LogP contribution >= 0.6 is 11.6 Å². The van der Waals surface area contributed by atoms with Crippen LogP contribution in [-0.4, -0.2) is 18.4 Å². The minimum Gasteiger partial charge on any atom is -0.426 e. The maximum absolute atomic E-state index is 11.7. The van der Waals surface area contributed by atoms with E-state index in [4.69, 9.17) is 16.3 Å². The van der Waals surface area contributed by atoms with E-state index in [1.165, 1.54) is 0 Å². The summed E-state index contributed by atoms with van der Waals surface area (Å²) in [4.78, 5) is 23.3. The molecule has 1 amide bonds. The minimum atomic E-state index is -0.337. The zero-order valence-corrected chi connectivity index (χ0v) is 11.1. The fourth-order valence-corrected chi connectivity index (χ4v) is 2.45. The van der Waals surface area contributed by atoms with Gasteiger partial charge in [0.25, 0.3) is 0 Å². The van der Waals surface area contributed by atoms with Crippen molar-refractivity contribution in [2.24, 2.45) is 0 Å². The molecule has 1 aliphatic heterocycles. The van der Waals surface area contributed by atoms with Crippen molar-refractivity contribution in [2.45, 2.75) is 18.8 Å². The summed E-state index contributed by atoms with van der Waals surface area (Å²) in [5.41, 5.74) is 0.734. The Bertz CT molecular complexity index is 527. The highest BCUT2D eigenvalue weighted by atomic mass is 35.5. The van der Waals surface area contributed by atoms with E-state index < -0.39 is 0 Å². The van der Waals surface area contributed by atoms with Crippen LogP contribution in [0.25, 0.3) is 0 Å². The van der Waals surface area contributed by atoms with Gasteiger partial charge in [-0.05, 0) is 12.1 Å². The molecule has 0 unspecified atom stereocenters. The second kappa shape index (κ2) is 5.89. The molecule has 0 spiro atoms. The molecule has 5 heteroatoms. The average molecular weight is 280 g/mol. The van der Waals surface area contributed by atoms with Crippen LogP contribution in [0.15, 0.2) is 30.9 Å². The summed E-state index contributed by atoms with van der Waals surface area (Å²) < 4.78 is 5.13. The van der Waals surface area contributed by atoms with Crippen molar-refractivity contribution >= 4 is 23.5 Å². The zero-order valence-electron chi connectivity index (χ0n) is 10.3. The summed E-state index contributed by atoms with van der Waals surface area (Å²) in [6.07, 6.45) is 1.98. The third-order valence-corrected chi connectivity index (χ3v) is 3.26. The van der Waals surface area contributed by atoms with Crippen molar-refractivity contribution in [1.82, 2.24) is 5.32 Å². The molecule has 100 valence electrons. The van der Waals surface area contributed by atoms with E-state index >= 15 is 0 Å². The van der Waals surface area contributed by atoms with Crippen LogP contribution in [0.1, 0.15) is 24.3 Å². The van der Waals surface area contributed by atoms with Crippen molar-refractivity contribution in [1.29, 1.82) is 0 Å². The van der Waals surface area contributed by atoms with E-state index in [9.17, 15) is 9.59 Å². The zero-order chi connectivity index (χ0) is 13.8. The largest absolute Gasteiger partial charge is 0.426 e. The Morgan fingerprint density at radius 2 is 2.37 bits per heavy atom. The molecular formula is C14H14ClNO3. The van der Waals surface area contributed by atoms with Gasteiger partial charge < -0.3 is 10.1 Å². The maximum Gasteiger partial charge on any atom is 0.311 e. The van der Waals surface area contributed by atoms with E-state index in [-0.39, 0.29) is 30.6 Å². The predicted molar refractivity (Wildman–Crippen MR) is 72.3 cm³/mol. The van der Waals surface area contributed by atoms with Gasteiger partial charge in [0, 0.05) is 29.5 Å². The number of carbonyl (C=O) groups is 2. The molecule has 19 heavy (non-hydrogen) atoms. The summed E-state index contributed by atoms with van der Waals surface area (Å²) in [6, 6.07) is 5.13. The lowest BCUT2D eigenvalue weighted by Crippen LogP contribution is -2.28. The lowest BCUT2D eigenvalue weighted by Gasteiger charge is -2.24. The smallest absolute Gasteiger partial charge is 0.311 e. The van der Waals surface area contributed by atoms with Crippen LogP contribution in [0.5, 0.6) is 5.75 Å². The Morgan fingerprint density at radius 1 is 1.58 bits per heavy atom. The van der Waals surface area contributed by atoms with Crippen molar-refractivity contribution in [3.05, 3.63) is 41.4 Å². The van der Waals surface area contributed by atoms with Crippen molar-refractivity contribution < 1.29 is 14.3 Å². The highest BCUT2D eigenvalue weighted by Gasteiger charge is 2.30. The molecular weight excluding hydrogens is 266 g/mol. The molecule has 0 fully saturated rings. The summed E-state index contributed by atoms with van der Waals surface area (Å²) in [6.45, 7) is 3.94. The molecule has 0 bridgehead atoms. The number of halogens is 1. The van der Waals surface area contributed by atoms with Gasteiger partial charge in [-0.25, -0.2) is 0 Å². The van der Waals surface area contributed by atoms with Crippen LogP contribution < -0.4 is 10.1 Å². The molecule has 0 saturated carbocycles. The van der Waals surface area contributed by atoms with Gasteiger partial charge in [-0.1, -0.05) is 23.7 Å². The number of hydrogen-bond acceptors (Lipinski definition) is 3. The number of rotatable bonds is 4. The SMILES string of the molecule is C=CCNC(=O)C[C@@H]1CC(=O)Oc2cccc(Cl)c21. The van der Waals surface area contributed by atoms with Crippen molar-refractivity contribution in [3.63, 3.8) is 0 Å². The number of hydrogen-bond donors (Lipinski definition) is 1. The molecule has 0 saturated heterocycles. The number of benzene rings is 1. The highest BCUT2D eigenvalue weighted by Crippen LogP contribution is 2.40. The fourth-order valence-electron chi connectivity index (χ4n) is 2.13. The molecule has 1 atom stereocenters. The number of esters is 1. The first kappa shape index (κ1) is 13.6. The quantitative estimate of drug-likeness (QED) is 0.523. The monoisotopic (exact) mass is 279 g/mol. The molecule has 1 aliphatic rings. The third-order valence-electron chi connectivity index (χ3n) is 2.93. The van der Waals surface area contributed by atoms with Crippen LogP contribution in [0, 0.1) is 0 Å². The summed E-state index contributed by atoms with van der Waals surface area (Å²) in [5, 5.41) is 3.21. The molecule has 1 N–H and O–H groups in total. The van der Waals surface area contributed by atoms with Gasteiger partial charge in [-0.2, -0.15) is 0 Å². The van der Waals surface area contributed by atoms with E-state index in [1.807, 2.05) is 0 Å². The van der Waals surface area contributed by atoms with Crippen LogP contribution in [-0.2, 0) is 9.59 Å². The number of fused-ring (bicyclic) bond motifs is 1.